The quantitative estimate of drug-likeness (QED) is 0.387. The van der Waals surface area contributed by atoms with Gasteiger partial charge in [-0.3, -0.25) is 14.9 Å². The molecule has 0 aromatic heterocycles. The van der Waals surface area contributed by atoms with Crippen molar-refractivity contribution in [2.24, 2.45) is 0 Å². The zero-order valence-corrected chi connectivity index (χ0v) is 12.0. The SMILES string of the molecule is COc1cc(-c2ccc(Cl)c([N+](=O)[O-])c2)c(C=O)c(O)c1O. The van der Waals surface area contributed by atoms with Crippen LogP contribution in [0.1, 0.15) is 10.4 Å². The van der Waals surface area contributed by atoms with Gasteiger partial charge in [0.25, 0.3) is 5.69 Å². The van der Waals surface area contributed by atoms with Crippen LogP contribution in [0.25, 0.3) is 11.1 Å². The lowest BCUT2D eigenvalue weighted by Gasteiger charge is -2.12. The molecule has 7 nitrogen and oxygen atoms in total. The minimum atomic E-state index is -0.665. The standard InChI is InChI=1S/C14H10ClNO6/c1-22-12-5-8(9(6-17)13(18)14(12)19)7-2-3-10(15)11(4-7)16(20)21/h2-6,18-19H,1H3. The van der Waals surface area contributed by atoms with E-state index >= 15 is 0 Å². The number of hydrogen-bond acceptors (Lipinski definition) is 6. The Morgan fingerprint density at radius 1 is 1.27 bits per heavy atom. The molecule has 2 aromatic carbocycles. The molecule has 0 amide bonds. The normalized spacial score (nSPS) is 10.3. The van der Waals surface area contributed by atoms with Crippen molar-refractivity contribution in [1.29, 1.82) is 0 Å². The number of phenolic OH excluding ortho intramolecular Hbond substituents is 2. The van der Waals surface area contributed by atoms with E-state index < -0.39 is 16.4 Å². The number of aldehydes is 1. The lowest BCUT2D eigenvalue weighted by Crippen LogP contribution is -1.95. The fourth-order valence-electron chi connectivity index (χ4n) is 1.98. The van der Waals surface area contributed by atoms with Crippen LogP contribution in [0, 0.1) is 10.1 Å². The number of rotatable bonds is 4. The maximum absolute atomic E-state index is 11.2. The number of ether oxygens (including phenoxy) is 1. The van der Waals surface area contributed by atoms with E-state index in [0.717, 1.165) is 0 Å². The third-order valence-electron chi connectivity index (χ3n) is 3.07. The van der Waals surface area contributed by atoms with Gasteiger partial charge in [0.15, 0.2) is 17.8 Å². The first-order valence-corrected chi connectivity index (χ1v) is 6.31. The molecule has 114 valence electrons. The number of aromatic hydroxyl groups is 2. The van der Waals surface area contributed by atoms with E-state index in [-0.39, 0.29) is 33.1 Å². The molecule has 2 rings (SSSR count). The highest BCUT2D eigenvalue weighted by Gasteiger charge is 2.21. The highest BCUT2D eigenvalue weighted by molar-refractivity contribution is 6.32. The van der Waals surface area contributed by atoms with Gasteiger partial charge in [-0.25, -0.2) is 0 Å². The van der Waals surface area contributed by atoms with Crippen LogP contribution in [-0.4, -0.2) is 28.5 Å². The Morgan fingerprint density at radius 2 is 1.95 bits per heavy atom. The molecule has 0 aliphatic heterocycles. The van der Waals surface area contributed by atoms with Crippen LogP contribution in [0.4, 0.5) is 5.69 Å². The first-order chi connectivity index (χ1) is 10.4. The zero-order valence-electron chi connectivity index (χ0n) is 11.2. The molecule has 0 heterocycles. The molecule has 2 aromatic rings. The van der Waals surface area contributed by atoms with Crippen molar-refractivity contribution in [2.75, 3.05) is 7.11 Å². The van der Waals surface area contributed by atoms with E-state index in [1.165, 1.54) is 31.4 Å². The van der Waals surface area contributed by atoms with Crippen molar-refractivity contribution in [3.8, 4) is 28.4 Å². The van der Waals surface area contributed by atoms with E-state index in [4.69, 9.17) is 16.3 Å². The topological polar surface area (TPSA) is 110 Å². The summed E-state index contributed by atoms with van der Waals surface area (Å²) < 4.78 is 4.90. The number of carbonyl (C=O) groups excluding carboxylic acids is 1. The molecule has 0 aliphatic carbocycles. The first kappa shape index (κ1) is 15.6. The van der Waals surface area contributed by atoms with Crippen molar-refractivity contribution < 1.29 is 24.7 Å². The van der Waals surface area contributed by atoms with Crippen LogP contribution in [-0.2, 0) is 0 Å². The number of carbonyl (C=O) groups is 1. The van der Waals surface area contributed by atoms with E-state index in [9.17, 15) is 25.1 Å². The zero-order chi connectivity index (χ0) is 16.4. The van der Waals surface area contributed by atoms with Crippen LogP contribution >= 0.6 is 11.6 Å². The summed E-state index contributed by atoms with van der Waals surface area (Å²) in [5, 5.41) is 30.5. The number of benzene rings is 2. The fraction of sp³-hybridized carbons (Fsp3) is 0.0714. The average Bonchev–Trinajstić information content (AvgIpc) is 2.50. The highest BCUT2D eigenvalue weighted by Crippen LogP contribution is 2.44. The fourth-order valence-corrected chi connectivity index (χ4v) is 2.17. The largest absolute Gasteiger partial charge is 0.504 e. The molecule has 0 spiro atoms. The number of phenols is 2. The molecule has 22 heavy (non-hydrogen) atoms. The van der Waals surface area contributed by atoms with Gasteiger partial charge in [0.2, 0.25) is 5.75 Å². The number of hydrogen-bond donors (Lipinski definition) is 2. The number of halogens is 1. The molecule has 0 bridgehead atoms. The van der Waals surface area contributed by atoms with E-state index in [1.807, 2.05) is 0 Å². The molecular weight excluding hydrogens is 314 g/mol. The summed E-state index contributed by atoms with van der Waals surface area (Å²) in [7, 11) is 1.27. The van der Waals surface area contributed by atoms with Gasteiger partial charge in [0, 0.05) is 11.6 Å². The highest BCUT2D eigenvalue weighted by atomic mass is 35.5. The Labute approximate surface area is 129 Å². The smallest absolute Gasteiger partial charge is 0.288 e. The van der Waals surface area contributed by atoms with Crippen LogP contribution in [0.2, 0.25) is 5.02 Å². The maximum Gasteiger partial charge on any atom is 0.288 e. The lowest BCUT2D eigenvalue weighted by molar-refractivity contribution is -0.384. The summed E-state index contributed by atoms with van der Waals surface area (Å²) in [5.74, 6) is -1.32. The minimum absolute atomic E-state index is 0.0589. The third kappa shape index (κ3) is 2.53. The first-order valence-electron chi connectivity index (χ1n) is 5.93. The monoisotopic (exact) mass is 323 g/mol. The summed E-state index contributed by atoms with van der Waals surface area (Å²) in [6, 6.07) is 5.22. The minimum Gasteiger partial charge on any atom is -0.504 e. The van der Waals surface area contributed by atoms with Crippen molar-refractivity contribution in [3.05, 3.63) is 45.0 Å². The second-order valence-corrected chi connectivity index (χ2v) is 4.69. The molecule has 8 heteroatoms. The van der Waals surface area contributed by atoms with Crippen molar-refractivity contribution in [3.63, 3.8) is 0 Å². The summed E-state index contributed by atoms with van der Waals surface area (Å²) in [6.07, 6.45) is 0.338. The Hall–Kier alpha value is -2.80. The number of nitrogens with zero attached hydrogens (tertiary/aromatic N) is 1. The summed E-state index contributed by atoms with van der Waals surface area (Å²) in [4.78, 5) is 21.5. The van der Waals surface area contributed by atoms with Gasteiger partial charge in [-0.15, -0.1) is 0 Å². The van der Waals surface area contributed by atoms with Gasteiger partial charge >= 0.3 is 0 Å². The summed E-state index contributed by atoms with van der Waals surface area (Å²) >= 11 is 5.74. The van der Waals surface area contributed by atoms with E-state index in [0.29, 0.717) is 6.29 Å². The van der Waals surface area contributed by atoms with E-state index in [1.54, 1.807) is 0 Å². The van der Waals surface area contributed by atoms with Crippen LogP contribution < -0.4 is 4.74 Å². The van der Waals surface area contributed by atoms with Gasteiger partial charge in [-0.1, -0.05) is 17.7 Å². The van der Waals surface area contributed by atoms with Gasteiger partial charge < -0.3 is 14.9 Å². The predicted molar refractivity (Wildman–Crippen MR) is 78.8 cm³/mol. The average molecular weight is 324 g/mol. The second-order valence-electron chi connectivity index (χ2n) is 4.28. The van der Waals surface area contributed by atoms with Crippen LogP contribution in [0.15, 0.2) is 24.3 Å². The summed E-state index contributed by atoms with van der Waals surface area (Å²) in [5.41, 5.74) is -0.119. The predicted octanol–water partition coefficient (Wildman–Crippen LogP) is 3.15. The Kier molecular flexibility index (Phi) is 4.18. The molecule has 0 radical (unpaired) electrons. The van der Waals surface area contributed by atoms with Gasteiger partial charge in [-0.2, -0.15) is 0 Å². The molecule has 0 saturated heterocycles. The van der Waals surface area contributed by atoms with Gasteiger partial charge in [0.05, 0.1) is 17.6 Å². The molecule has 0 fully saturated rings. The van der Waals surface area contributed by atoms with Crippen molar-refractivity contribution in [1.82, 2.24) is 0 Å². The molecule has 0 atom stereocenters. The van der Waals surface area contributed by atoms with Crippen molar-refractivity contribution >= 4 is 23.6 Å². The number of nitro groups is 1. The van der Waals surface area contributed by atoms with Crippen LogP contribution in [0.5, 0.6) is 17.2 Å². The summed E-state index contributed by atoms with van der Waals surface area (Å²) in [6.45, 7) is 0. The Balaban J connectivity index is 2.77. The Morgan fingerprint density at radius 3 is 2.50 bits per heavy atom. The molecular formula is C14H10ClNO6. The lowest BCUT2D eigenvalue weighted by atomic mass is 9.98. The number of methoxy groups -OCH3 is 1. The molecule has 0 aliphatic rings. The molecule has 0 saturated carbocycles. The maximum atomic E-state index is 11.2. The van der Waals surface area contributed by atoms with Crippen molar-refractivity contribution in [2.45, 2.75) is 0 Å². The Bertz CT molecular complexity index is 774. The third-order valence-corrected chi connectivity index (χ3v) is 3.39. The van der Waals surface area contributed by atoms with Gasteiger partial charge in [0.1, 0.15) is 5.02 Å². The number of nitro benzene ring substituents is 1. The molecule has 0 unspecified atom stereocenters. The van der Waals surface area contributed by atoms with Gasteiger partial charge in [-0.05, 0) is 17.7 Å². The molecule has 2 N–H and O–H groups in total. The van der Waals surface area contributed by atoms with E-state index in [2.05, 4.69) is 0 Å². The van der Waals surface area contributed by atoms with Crippen LogP contribution in [0.3, 0.4) is 0 Å². The second kappa shape index (κ2) is 5.90.